The van der Waals surface area contributed by atoms with Gasteiger partial charge >= 0.3 is 0 Å². The first-order valence-corrected chi connectivity index (χ1v) is 10.1. The van der Waals surface area contributed by atoms with Gasteiger partial charge in [-0.3, -0.25) is 4.79 Å². The summed E-state index contributed by atoms with van der Waals surface area (Å²) in [5.74, 6) is 0.441. The summed E-state index contributed by atoms with van der Waals surface area (Å²) >= 11 is 0. The van der Waals surface area contributed by atoms with Crippen molar-refractivity contribution in [3.63, 3.8) is 0 Å². The van der Waals surface area contributed by atoms with Crippen molar-refractivity contribution in [1.29, 1.82) is 0 Å². The van der Waals surface area contributed by atoms with E-state index in [4.69, 9.17) is 4.42 Å². The van der Waals surface area contributed by atoms with Crippen LogP contribution in [0.25, 0.3) is 11.1 Å². The fourth-order valence-electron chi connectivity index (χ4n) is 4.33. The molecule has 1 aliphatic heterocycles. The number of carbonyl (C=O) groups is 1. The Hall–Kier alpha value is -2.83. The zero-order valence-corrected chi connectivity index (χ0v) is 16.1. The molecule has 5 rings (SSSR count). The number of rotatable bonds is 5. The second-order valence-electron chi connectivity index (χ2n) is 7.93. The maximum Gasteiger partial charge on any atom is 0.298 e. The molecule has 0 unspecified atom stereocenters. The lowest BCUT2D eigenvalue weighted by molar-refractivity contribution is 0.0901. The summed E-state index contributed by atoms with van der Waals surface area (Å²) in [7, 11) is 0. The summed E-state index contributed by atoms with van der Waals surface area (Å²) in [4.78, 5) is 23.7. The van der Waals surface area contributed by atoms with Gasteiger partial charge in [-0.05, 0) is 50.7 Å². The largest absolute Gasteiger partial charge is 0.423 e. The SMILES string of the molecule is CCn1cnc(C(=O)NC2(C3CCN(c4nc5ccccc5o4)CC3)CC2)c1. The van der Waals surface area contributed by atoms with Gasteiger partial charge in [-0.25, -0.2) is 4.98 Å². The lowest BCUT2D eigenvalue weighted by atomic mass is 9.87. The van der Waals surface area contributed by atoms with Crippen LogP contribution in [0.15, 0.2) is 41.2 Å². The first-order valence-electron chi connectivity index (χ1n) is 10.1. The third-order valence-corrected chi connectivity index (χ3v) is 6.21. The van der Waals surface area contributed by atoms with E-state index in [1.165, 1.54) is 0 Å². The second-order valence-corrected chi connectivity index (χ2v) is 7.93. The quantitative estimate of drug-likeness (QED) is 0.737. The molecule has 0 spiro atoms. The zero-order valence-electron chi connectivity index (χ0n) is 16.1. The van der Waals surface area contributed by atoms with E-state index in [2.05, 4.69) is 20.2 Å². The molecule has 28 heavy (non-hydrogen) atoms. The number of aryl methyl sites for hydroxylation is 1. The highest BCUT2D eigenvalue weighted by molar-refractivity contribution is 5.92. The summed E-state index contributed by atoms with van der Waals surface area (Å²) in [6.07, 6.45) is 7.71. The average Bonchev–Trinajstić information content (AvgIpc) is 3.18. The molecule has 1 N–H and O–H groups in total. The molecule has 146 valence electrons. The van der Waals surface area contributed by atoms with Gasteiger partial charge in [0.25, 0.3) is 11.9 Å². The first kappa shape index (κ1) is 17.3. The van der Waals surface area contributed by atoms with E-state index in [0.29, 0.717) is 17.6 Å². The lowest BCUT2D eigenvalue weighted by Crippen LogP contribution is -2.47. The Balaban J connectivity index is 1.23. The van der Waals surface area contributed by atoms with Crippen molar-refractivity contribution in [3.05, 3.63) is 42.5 Å². The van der Waals surface area contributed by atoms with E-state index in [-0.39, 0.29) is 11.4 Å². The number of anilines is 1. The number of aromatic nitrogens is 3. The van der Waals surface area contributed by atoms with E-state index < -0.39 is 0 Å². The fraction of sp³-hybridized carbons (Fsp3) is 0.476. The number of piperidine rings is 1. The molecular weight excluding hydrogens is 354 g/mol. The zero-order chi connectivity index (χ0) is 19.1. The Kier molecular flexibility index (Phi) is 4.10. The van der Waals surface area contributed by atoms with Crippen LogP contribution in [0.1, 0.15) is 43.1 Å². The van der Waals surface area contributed by atoms with Crippen molar-refractivity contribution >= 4 is 23.0 Å². The van der Waals surface area contributed by atoms with E-state index in [9.17, 15) is 4.79 Å². The van der Waals surface area contributed by atoms with Gasteiger partial charge in [0, 0.05) is 31.4 Å². The number of carbonyl (C=O) groups excluding carboxylic acids is 1. The number of hydrogen-bond acceptors (Lipinski definition) is 5. The molecule has 1 amide bonds. The summed E-state index contributed by atoms with van der Waals surface area (Å²) in [6.45, 7) is 4.66. The maximum absolute atomic E-state index is 12.6. The number of nitrogens with one attached hydrogen (secondary N) is 1. The van der Waals surface area contributed by atoms with Crippen molar-refractivity contribution in [1.82, 2.24) is 19.9 Å². The fourth-order valence-corrected chi connectivity index (χ4v) is 4.33. The molecule has 0 bridgehead atoms. The highest BCUT2D eigenvalue weighted by Crippen LogP contribution is 2.47. The number of para-hydroxylation sites is 2. The molecule has 1 aliphatic carbocycles. The lowest BCUT2D eigenvalue weighted by Gasteiger charge is -2.36. The Bertz CT molecular complexity index is 962. The molecule has 3 aromatic rings. The number of oxazole rings is 1. The number of nitrogens with zero attached hydrogens (tertiary/aromatic N) is 4. The summed E-state index contributed by atoms with van der Waals surface area (Å²) in [5, 5.41) is 3.29. The molecule has 2 fully saturated rings. The molecule has 1 aromatic carbocycles. The smallest absolute Gasteiger partial charge is 0.298 e. The van der Waals surface area contributed by atoms with Gasteiger partial charge in [-0.1, -0.05) is 12.1 Å². The molecule has 1 saturated heterocycles. The molecule has 2 aliphatic rings. The van der Waals surface area contributed by atoms with Crippen LogP contribution in [-0.2, 0) is 6.54 Å². The van der Waals surface area contributed by atoms with Gasteiger partial charge in [-0.15, -0.1) is 0 Å². The molecule has 2 aromatic heterocycles. The minimum atomic E-state index is -0.0551. The number of hydrogen-bond donors (Lipinski definition) is 1. The van der Waals surface area contributed by atoms with Crippen LogP contribution in [0, 0.1) is 5.92 Å². The maximum atomic E-state index is 12.6. The monoisotopic (exact) mass is 379 g/mol. The van der Waals surface area contributed by atoms with Crippen molar-refractivity contribution in [3.8, 4) is 0 Å². The first-order chi connectivity index (χ1) is 13.7. The predicted octanol–water partition coefficient (Wildman–Crippen LogP) is 3.22. The normalized spacial score (nSPS) is 19.1. The minimum absolute atomic E-state index is 0.0499. The summed E-state index contributed by atoms with van der Waals surface area (Å²) in [5.41, 5.74) is 2.19. The molecule has 1 saturated carbocycles. The van der Waals surface area contributed by atoms with Gasteiger partial charge in [0.1, 0.15) is 11.2 Å². The highest BCUT2D eigenvalue weighted by atomic mass is 16.4. The van der Waals surface area contributed by atoms with Crippen molar-refractivity contribution in [2.45, 2.75) is 44.7 Å². The topological polar surface area (TPSA) is 76.2 Å². The molecule has 0 atom stereocenters. The van der Waals surface area contributed by atoms with Crippen LogP contribution in [0.5, 0.6) is 0 Å². The summed E-state index contributed by atoms with van der Waals surface area (Å²) in [6, 6.07) is 8.58. The molecule has 3 heterocycles. The predicted molar refractivity (Wildman–Crippen MR) is 106 cm³/mol. The highest BCUT2D eigenvalue weighted by Gasteiger charge is 2.51. The number of benzene rings is 1. The van der Waals surface area contributed by atoms with Gasteiger partial charge in [0.2, 0.25) is 0 Å². The van der Waals surface area contributed by atoms with Gasteiger partial charge < -0.3 is 19.2 Å². The minimum Gasteiger partial charge on any atom is -0.423 e. The van der Waals surface area contributed by atoms with Crippen molar-refractivity contribution < 1.29 is 9.21 Å². The second kappa shape index (κ2) is 6.65. The molecular formula is C21H25N5O2. The Labute approximate surface area is 163 Å². The van der Waals surface area contributed by atoms with Gasteiger partial charge in [-0.2, -0.15) is 4.98 Å². The van der Waals surface area contributed by atoms with E-state index >= 15 is 0 Å². The number of imidazole rings is 1. The van der Waals surface area contributed by atoms with Crippen molar-refractivity contribution in [2.75, 3.05) is 18.0 Å². The van der Waals surface area contributed by atoms with Gasteiger partial charge in [0.05, 0.1) is 6.33 Å². The van der Waals surface area contributed by atoms with Crippen LogP contribution in [0.2, 0.25) is 0 Å². The Morgan fingerprint density at radius 1 is 1.29 bits per heavy atom. The van der Waals surface area contributed by atoms with E-state index in [1.54, 1.807) is 6.33 Å². The average molecular weight is 379 g/mol. The van der Waals surface area contributed by atoms with Crippen molar-refractivity contribution in [2.24, 2.45) is 5.92 Å². The van der Waals surface area contributed by atoms with E-state index in [0.717, 1.165) is 56.4 Å². The van der Waals surface area contributed by atoms with Gasteiger partial charge in [0.15, 0.2) is 5.58 Å². The standard InChI is InChI=1S/C21H25N5O2/c1-2-25-13-17(22-14-25)19(27)24-21(9-10-21)15-7-11-26(12-8-15)20-23-16-5-3-4-6-18(16)28-20/h3-6,13-15H,2,7-12H2,1H3,(H,24,27). The number of amides is 1. The third-order valence-electron chi connectivity index (χ3n) is 6.21. The Morgan fingerprint density at radius 3 is 2.75 bits per heavy atom. The third kappa shape index (κ3) is 3.04. The Morgan fingerprint density at radius 2 is 2.07 bits per heavy atom. The van der Waals surface area contributed by atoms with Crippen LogP contribution in [0.3, 0.4) is 0 Å². The van der Waals surface area contributed by atoms with Crippen LogP contribution in [0.4, 0.5) is 6.01 Å². The molecule has 7 nitrogen and oxygen atoms in total. The summed E-state index contributed by atoms with van der Waals surface area (Å²) < 4.78 is 7.84. The van der Waals surface area contributed by atoms with Crippen LogP contribution < -0.4 is 10.2 Å². The molecule has 7 heteroatoms. The van der Waals surface area contributed by atoms with Crippen LogP contribution in [-0.4, -0.2) is 39.1 Å². The molecule has 0 radical (unpaired) electrons. The van der Waals surface area contributed by atoms with E-state index in [1.807, 2.05) is 42.0 Å². The number of fused-ring (bicyclic) bond motifs is 1. The van der Waals surface area contributed by atoms with Crippen LogP contribution >= 0.6 is 0 Å².